The van der Waals surface area contributed by atoms with E-state index in [1.165, 1.54) is 47.7 Å². The Labute approximate surface area is 230 Å². The molecule has 1 N–H and O–H groups in total. The van der Waals surface area contributed by atoms with Crippen LogP contribution in [0.4, 0.5) is 23.2 Å². The molecule has 1 aliphatic rings. The molecular weight excluding hydrogens is 548 g/mol. The van der Waals surface area contributed by atoms with Crippen LogP contribution >= 0.6 is 11.3 Å². The number of halogens is 4. The number of benzene rings is 2. The number of nitrogens with zero attached hydrogens (tertiary/aromatic N) is 5. The monoisotopic (exact) mass is 572 g/mol. The van der Waals surface area contributed by atoms with Crippen molar-refractivity contribution in [3.8, 4) is 11.4 Å². The zero-order chi connectivity index (χ0) is 28.3. The molecule has 40 heavy (non-hydrogen) atoms. The molecule has 0 spiro atoms. The molecule has 0 unspecified atom stereocenters. The molecule has 0 aliphatic heterocycles. The van der Waals surface area contributed by atoms with Gasteiger partial charge in [-0.1, -0.05) is 25.0 Å². The van der Waals surface area contributed by atoms with Gasteiger partial charge in [-0.05, 0) is 72.0 Å². The molecule has 0 radical (unpaired) electrons. The summed E-state index contributed by atoms with van der Waals surface area (Å²) in [4.78, 5) is 30.0. The van der Waals surface area contributed by atoms with E-state index in [0.717, 1.165) is 47.5 Å². The standard InChI is InChI=1S/C27H24F4N6O2S/c28-19-12-10-17(11-13-19)25-33-35-36(34-25)16-23(38)37(21-8-3-5-18(15-21)27(29,30)31)24(22-9-4-14-40-22)26(39)32-20-6-1-2-7-20/h3-5,8-15,20,24H,1-2,6-7,16H2,(H,32,39)/t24-/m1/s1. The molecule has 13 heteroatoms. The molecule has 1 atom stereocenters. The number of aromatic nitrogens is 4. The number of hydrogen-bond acceptors (Lipinski definition) is 6. The predicted octanol–water partition coefficient (Wildman–Crippen LogP) is 5.39. The third kappa shape index (κ3) is 6.19. The van der Waals surface area contributed by atoms with Crippen molar-refractivity contribution in [2.24, 2.45) is 0 Å². The lowest BCUT2D eigenvalue weighted by Gasteiger charge is -2.31. The van der Waals surface area contributed by atoms with Crippen LogP contribution in [-0.4, -0.2) is 38.1 Å². The molecule has 2 aromatic carbocycles. The Bertz CT molecular complexity index is 1470. The van der Waals surface area contributed by atoms with Gasteiger partial charge >= 0.3 is 6.18 Å². The highest BCUT2D eigenvalue weighted by Crippen LogP contribution is 2.36. The molecule has 2 amide bonds. The van der Waals surface area contributed by atoms with Crippen molar-refractivity contribution in [1.29, 1.82) is 0 Å². The zero-order valence-corrected chi connectivity index (χ0v) is 21.8. The van der Waals surface area contributed by atoms with Crippen molar-refractivity contribution < 1.29 is 27.2 Å². The first-order valence-corrected chi connectivity index (χ1v) is 13.4. The lowest BCUT2D eigenvalue weighted by molar-refractivity contribution is -0.137. The average Bonchev–Trinajstić information content (AvgIpc) is 3.71. The lowest BCUT2D eigenvalue weighted by Crippen LogP contribution is -2.47. The Kier molecular flexibility index (Phi) is 7.92. The Balaban J connectivity index is 1.51. The maximum Gasteiger partial charge on any atom is 0.416 e. The third-order valence-electron chi connectivity index (χ3n) is 6.57. The molecule has 4 aromatic rings. The van der Waals surface area contributed by atoms with Gasteiger partial charge in [0.25, 0.3) is 5.91 Å². The van der Waals surface area contributed by atoms with Crippen molar-refractivity contribution in [1.82, 2.24) is 25.5 Å². The van der Waals surface area contributed by atoms with E-state index in [1.54, 1.807) is 17.5 Å². The second-order valence-corrected chi connectivity index (χ2v) is 10.3. The highest BCUT2D eigenvalue weighted by Gasteiger charge is 2.37. The number of tetrazole rings is 1. The Morgan fingerprint density at radius 1 is 1.07 bits per heavy atom. The van der Waals surface area contributed by atoms with E-state index in [9.17, 15) is 27.2 Å². The van der Waals surface area contributed by atoms with Gasteiger partial charge in [0.2, 0.25) is 11.7 Å². The van der Waals surface area contributed by atoms with E-state index in [1.807, 2.05) is 0 Å². The molecule has 1 saturated carbocycles. The van der Waals surface area contributed by atoms with E-state index in [2.05, 4.69) is 20.7 Å². The number of amides is 2. The molecular formula is C27H24F4N6O2S. The minimum atomic E-state index is -4.66. The number of alkyl halides is 3. The van der Waals surface area contributed by atoms with E-state index in [0.29, 0.717) is 10.4 Å². The summed E-state index contributed by atoms with van der Waals surface area (Å²) >= 11 is 1.22. The van der Waals surface area contributed by atoms with Crippen LogP contribution in [0.3, 0.4) is 0 Å². The number of anilines is 1. The maximum atomic E-state index is 13.8. The quantitative estimate of drug-likeness (QED) is 0.286. The van der Waals surface area contributed by atoms with Gasteiger partial charge in [-0.3, -0.25) is 14.5 Å². The predicted molar refractivity (Wildman–Crippen MR) is 140 cm³/mol. The fourth-order valence-corrected chi connectivity index (χ4v) is 5.47. The van der Waals surface area contributed by atoms with Crippen LogP contribution in [0.2, 0.25) is 0 Å². The molecule has 8 nitrogen and oxygen atoms in total. The highest BCUT2D eigenvalue weighted by molar-refractivity contribution is 7.10. The SMILES string of the molecule is O=C(NC1CCCC1)[C@@H](c1cccs1)N(C(=O)Cn1nnc(-c2ccc(F)cc2)n1)c1cccc(C(F)(F)F)c1. The van der Waals surface area contributed by atoms with Gasteiger partial charge in [0.15, 0.2) is 0 Å². The molecule has 0 bridgehead atoms. The van der Waals surface area contributed by atoms with Gasteiger partial charge in [-0.25, -0.2) is 4.39 Å². The maximum absolute atomic E-state index is 13.8. The smallest absolute Gasteiger partial charge is 0.351 e. The van der Waals surface area contributed by atoms with E-state index in [-0.39, 0.29) is 17.6 Å². The molecule has 5 rings (SSSR count). The Hall–Kier alpha value is -4.13. The minimum absolute atomic E-state index is 0.0799. The summed E-state index contributed by atoms with van der Waals surface area (Å²) in [6.45, 7) is -0.511. The molecule has 1 fully saturated rings. The summed E-state index contributed by atoms with van der Waals surface area (Å²) in [5.74, 6) is -1.52. The fourth-order valence-electron chi connectivity index (χ4n) is 4.66. The van der Waals surface area contributed by atoms with Gasteiger partial charge in [0.1, 0.15) is 18.4 Å². The van der Waals surface area contributed by atoms with Crippen LogP contribution in [0, 0.1) is 5.82 Å². The van der Waals surface area contributed by atoms with Crippen LogP contribution in [0.25, 0.3) is 11.4 Å². The average molecular weight is 573 g/mol. The van der Waals surface area contributed by atoms with Crippen LogP contribution in [-0.2, 0) is 22.3 Å². The van der Waals surface area contributed by atoms with Crippen molar-refractivity contribution in [3.63, 3.8) is 0 Å². The summed E-state index contributed by atoms with van der Waals surface area (Å²) < 4.78 is 54.2. The number of carbonyl (C=O) groups is 2. The summed E-state index contributed by atoms with van der Waals surface area (Å²) in [5, 5.41) is 16.7. The first kappa shape index (κ1) is 27.4. The van der Waals surface area contributed by atoms with Crippen molar-refractivity contribution in [2.75, 3.05) is 4.90 Å². The first-order valence-electron chi connectivity index (χ1n) is 12.6. The van der Waals surface area contributed by atoms with Crippen molar-refractivity contribution >= 4 is 28.8 Å². The van der Waals surface area contributed by atoms with E-state index in [4.69, 9.17) is 0 Å². The minimum Gasteiger partial charge on any atom is -0.351 e. The van der Waals surface area contributed by atoms with Crippen LogP contribution in [0.5, 0.6) is 0 Å². The number of carbonyl (C=O) groups excluding carboxylic acids is 2. The Morgan fingerprint density at radius 3 is 2.50 bits per heavy atom. The molecule has 208 valence electrons. The number of thiophene rings is 1. The van der Waals surface area contributed by atoms with Crippen molar-refractivity contribution in [2.45, 2.75) is 50.5 Å². The largest absolute Gasteiger partial charge is 0.416 e. The zero-order valence-electron chi connectivity index (χ0n) is 21.0. The summed E-state index contributed by atoms with van der Waals surface area (Å²) in [6.07, 6.45) is -1.17. The third-order valence-corrected chi connectivity index (χ3v) is 7.50. The van der Waals surface area contributed by atoms with Crippen LogP contribution < -0.4 is 10.2 Å². The molecule has 2 heterocycles. The van der Waals surface area contributed by atoms with E-state index >= 15 is 0 Å². The highest BCUT2D eigenvalue weighted by atomic mass is 32.1. The van der Waals surface area contributed by atoms with Crippen LogP contribution in [0.15, 0.2) is 66.0 Å². The topological polar surface area (TPSA) is 93.0 Å². The lowest BCUT2D eigenvalue weighted by atomic mass is 10.1. The number of hydrogen-bond donors (Lipinski definition) is 1. The second-order valence-electron chi connectivity index (χ2n) is 9.37. The Morgan fingerprint density at radius 2 is 1.82 bits per heavy atom. The summed E-state index contributed by atoms with van der Waals surface area (Å²) in [5.41, 5.74) is -0.595. The van der Waals surface area contributed by atoms with Gasteiger partial charge < -0.3 is 5.32 Å². The number of rotatable bonds is 8. The summed E-state index contributed by atoms with van der Waals surface area (Å²) in [7, 11) is 0. The van der Waals surface area contributed by atoms with Gasteiger partial charge in [0.05, 0.1) is 5.56 Å². The fraction of sp³-hybridized carbons (Fsp3) is 0.296. The molecule has 1 aliphatic carbocycles. The second kappa shape index (κ2) is 11.5. The van der Waals surface area contributed by atoms with Gasteiger partial charge in [-0.2, -0.15) is 18.0 Å². The first-order chi connectivity index (χ1) is 19.2. The summed E-state index contributed by atoms with van der Waals surface area (Å²) in [6, 6.07) is 11.7. The molecule has 0 saturated heterocycles. The number of nitrogens with one attached hydrogen (secondary N) is 1. The van der Waals surface area contributed by atoms with Gasteiger partial charge in [-0.15, -0.1) is 21.5 Å². The normalized spacial score (nSPS) is 14.7. The van der Waals surface area contributed by atoms with Gasteiger partial charge in [0, 0.05) is 22.2 Å². The van der Waals surface area contributed by atoms with E-state index < -0.39 is 42.0 Å². The van der Waals surface area contributed by atoms with Crippen molar-refractivity contribution in [3.05, 3.63) is 82.3 Å². The molecule has 2 aromatic heterocycles. The van der Waals surface area contributed by atoms with Crippen LogP contribution in [0.1, 0.15) is 42.2 Å².